The average molecular weight is 478 g/mol. The van der Waals surface area contributed by atoms with Crippen molar-refractivity contribution < 1.29 is 4.39 Å². The Hall–Kier alpha value is -3.22. The number of aryl methyl sites for hydroxylation is 1. The fraction of sp³-hybridized carbons (Fsp3) is 0.259. The molecule has 0 saturated heterocycles. The third kappa shape index (κ3) is 5.46. The highest BCUT2D eigenvalue weighted by Crippen LogP contribution is 2.24. The van der Waals surface area contributed by atoms with E-state index >= 15 is 0 Å². The van der Waals surface area contributed by atoms with Gasteiger partial charge in [-0.1, -0.05) is 35.9 Å². The molecule has 4 rings (SSSR count). The molecule has 0 fully saturated rings. The first kappa shape index (κ1) is 23.9. The first-order chi connectivity index (χ1) is 16.5. The van der Waals surface area contributed by atoms with Gasteiger partial charge in [-0.2, -0.15) is 0 Å². The summed E-state index contributed by atoms with van der Waals surface area (Å²) in [5.74, 6) is 0.761. The van der Waals surface area contributed by atoms with Gasteiger partial charge < -0.3 is 9.88 Å². The van der Waals surface area contributed by atoms with Gasteiger partial charge in [0, 0.05) is 37.9 Å². The lowest BCUT2D eigenvalue weighted by Crippen LogP contribution is -2.29. The first-order valence-corrected chi connectivity index (χ1v) is 11.7. The summed E-state index contributed by atoms with van der Waals surface area (Å²) in [6.07, 6.45) is 9.34. The van der Waals surface area contributed by atoms with Crippen LogP contribution in [0.5, 0.6) is 0 Å². The molecule has 0 radical (unpaired) electrons. The van der Waals surface area contributed by atoms with Gasteiger partial charge in [0.05, 0.1) is 23.3 Å². The van der Waals surface area contributed by atoms with Crippen molar-refractivity contribution in [2.24, 2.45) is 12.0 Å². The predicted molar refractivity (Wildman–Crippen MR) is 140 cm³/mol. The maximum absolute atomic E-state index is 13.9. The molecular formula is C27H29ClFN5. The van der Waals surface area contributed by atoms with Crippen LogP contribution in [0.1, 0.15) is 17.8 Å². The summed E-state index contributed by atoms with van der Waals surface area (Å²) in [5, 5.41) is 3.57. The average Bonchev–Trinajstić information content (AvgIpc) is 3.15. The Balaban J connectivity index is 1.38. The molecule has 0 aliphatic carbocycles. The molecule has 0 amide bonds. The third-order valence-corrected chi connectivity index (χ3v) is 6.40. The number of benzene rings is 2. The lowest BCUT2D eigenvalue weighted by atomic mass is 10.0. The molecule has 2 heterocycles. The zero-order valence-electron chi connectivity index (χ0n) is 19.6. The van der Waals surface area contributed by atoms with Crippen molar-refractivity contribution in [3.8, 4) is 0 Å². The van der Waals surface area contributed by atoms with Crippen LogP contribution in [0.15, 0.2) is 77.0 Å². The van der Waals surface area contributed by atoms with Crippen molar-refractivity contribution in [2.45, 2.75) is 19.4 Å². The predicted octanol–water partition coefficient (Wildman–Crippen LogP) is 5.92. The second-order valence-corrected chi connectivity index (χ2v) is 8.77. The van der Waals surface area contributed by atoms with Gasteiger partial charge in [-0.3, -0.25) is 9.89 Å². The molecule has 34 heavy (non-hydrogen) atoms. The summed E-state index contributed by atoms with van der Waals surface area (Å²) in [6.45, 7) is 6.27. The Morgan fingerprint density at radius 1 is 1.29 bits per heavy atom. The molecule has 0 bridgehead atoms. The lowest BCUT2D eigenvalue weighted by molar-refractivity contribution is 0.277. The molecule has 7 heteroatoms. The van der Waals surface area contributed by atoms with E-state index in [0.29, 0.717) is 17.0 Å². The maximum atomic E-state index is 13.9. The minimum Gasteiger partial charge on any atom is -0.388 e. The van der Waals surface area contributed by atoms with E-state index in [9.17, 15) is 4.39 Å². The Morgan fingerprint density at radius 2 is 2.15 bits per heavy atom. The molecule has 0 spiro atoms. The largest absolute Gasteiger partial charge is 0.388 e. The molecule has 5 nitrogen and oxygen atoms in total. The fourth-order valence-electron chi connectivity index (χ4n) is 4.14. The molecule has 0 unspecified atom stereocenters. The Labute approximate surface area is 205 Å². The number of nitrogens with one attached hydrogen (secondary N) is 1. The molecule has 1 aliphatic rings. The van der Waals surface area contributed by atoms with Crippen molar-refractivity contribution >= 4 is 35.0 Å². The van der Waals surface area contributed by atoms with Crippen LogP contribution in [-0.2, 0) is 20.0 Å². The smallest absolute Gasteiger partial charge is 0.128 e. The molecule has 176 valence electrons. The minimum atomic E-state index is -0.290. The van der Waals surface area contributed by atoms with E-state index in [1.54, 1.807) is 12.1 Å². The van der Waals surface area contributed by atoms with Gasteiger partial charge in [-0.05, 0) is 67.1 Å². The number of nitrogens with zero attached hydrogens (tertiary/aromatic N) is 4. The Kier molecular flexibility index (Phi) is 7.60. The van der Waals surface area contributed by atoms with Crippen LogP contribution in [0, 0.1) is 5.82 Å². The molecule has 1 N–H and O–H groups in total. The zero-order valence-corrected chi connectivity index (χ0v) is 20.3. The number of rotatable bonds is 8. The van der Waals surface area contributed by atoms with Crippen molar-refractivity contribution in [2.75, 3.05) is 25.5 Å². The molecule has 2 aromatic carbocycles. The SMILES string of the molecule is C=N/C(=C\C=C/Cc1ccc(Cl)cc1F)C1=CCN(Cc2nc3cc(NC)ccc3n2C)CC1. The summed E-state index contributed by atoms with van der Waals surface area (Å²) < 4.78 is 16.1. The standard InChI is InChI=1S/C27H29ClFN5/c1-30-22-10-11-26-25(17-22)32-27(33(26)3)18-34-14-12-20(13-15-34)24(31-2)7-5-4-6-19-8-9-21(28)16-23(19)29/h4-5,7-12,16-17,30H,2,6,13-15,18H2,1,3H3/b5-4-,24-7-. The number of fused-ring (bicyclic) bond motifs is 1. The van der Waals surface area contributed by atoms with Gasteiger partial charge in [0.2, 0.25) is 0 Å². The lowest BCUT2D eigenvalue weighted by Gasteiger charge is -2.26. The number of anilines is 1. The van der Waals surface area contributed by atoms with E-state index < -0.39 is 0 Å². The number of hydrogen-bond acceptors (Lipinski definition) is 4. The highest BCUT2D eigenvalue weighted by Gasteiger charge is 2.17. The Morgan fingerprint density at radius 3 is 2.85 bits per heavy atom. The maximum Gasteiger partial charge on any atom is 0.128 e. The molecule has 1 aliphatic heterocycles. The van der Waals surface area contributed by atoms with Gasteiger partial charge in [0.1, 0.15) is 11.6 Å². The summed E-state index contributed by atoms with van der Waals surface area (Å²) in [7, 11) is 3.98. The second-order valence-electron chi connectivity index (χ2n) is 8.33. The highest BCUT2D eigenvalue weighted by molar-refractivity contribution is 6.30. The van der Waals surface area contributed by atoms with Crippen LogP contribution < -0.4 is 5.32 Å². The summed E-state index contributed by atoms with van der Waals surface area (Å²) >= 11 is 5.81. The molecule has 0 saturated carbocycles. The monoisotopic (exact) mass is 477 g/mol. The normalized spacial score (nSPS) is 15.2. The van der Waals surface area contributed by atoms with E-state index in [-0.39, 0.29) is 5.82 Å². The Bertz CT molecular complexity index is 1290. The van der Waals surface area contributed by atoms with Crippen LogP contribution in [0.25, 0.3) is 11.0 Å². The topological polar surface area (TPSA) is 45.5 Å². The van der Waals surface area contributed by atoms with Crippen LogP contribution in [-0.4, -0.2) is 41.3 Å². The van der Waals surface area contributed by atoms with Crippen LogP contribution in [0.3, 0.4) is 0 Å². The van der Waals surface area contributed by atoms with Gasteiger partial charge >= 0.3 is 0 Å². The van der Waals surface area contributed by atoms with Crippen LogP contribution >= 0.6 is 11.6 Å². The number of hydrogen-bond donors (Lipinski definition) is 1. The van der Waals surface area contributed by atoms with Crippen molar-refractivity contribution in [3.63, 3.8) is 0 Å². The van der Waals surface area contributed by atoms with Crippen molar-refractivity contribution in [3.05, 3.63) is 94.2 Å². The van der Waals surface area contributed by atoms with E-state index in [4.69, 9.17) is 16.6 Å². The van der Waals surface area contributed by atoms with Crippen molar-refractivity contribution in [1.82, 2.24) is 14.5 Å². The molecule has 0 atom stereocenters. The van der Waals surface area contributed by atoms with Gasteiger partial charge in [0.25, 0.3) is 0 Å². The molecule has 1 aromatic heterocycles. The molecule has 3 aromatic rings. The van der Waals surface area contributed by atoms with Crippen molar-refractivity contribution in [1.29, 1.82) is 0 Å². The number of aliphatic imine (C=N–C) groups is 1. The minimum absolute atomic E-state index is 0.290. The summed E-state index contributed by atoms with van der Waals surface area (Å²) in [4.78, 5) is 11.4. The number of halogens is 2. The van der Waals surface area contributed by atoms with Gasteiger partial charge in [0.15, 0.2) is 0 Å². The van der Waals surface area contributed by atoms with E-state index in [1.807, 2.05) is 25.3 Å². The molecular weight excluding hydrogens is 449 g/mol. The van der Waals surface area contributed by atoms with E-state index in [0.717, 1.165) is 54.3 Å². The third-order valence-electron chi connectivity index (χ3n) is 6.16. The van der Waals surface area contributed by atoms with E-state index in [1.165, 1.54) is 11.6 Å². The number of imidazole rings is 1. The summed E-state index contributed by atoms with van der Waals surface area (Å²) in [5.41, 5.74) is 5.84. The highest BCUT2D eigenvalue weighted by atomic mass is 35.5. The first-order valence-electron chi connectivity index (χ1n) is 11.3. The van der Waals surface area contributed by atoms with Gasteiger partial charge in [-0.15, -0.1) is 0 Å². The van der Waals surface area contributed by atoms with Crippen LogP contribution in [0.4, 0.5) is 10.1 Å². The van der Waals surface area contributed by atoms with Gasteiger partial charge in [-0.25, -0.2) is 9.37 Å². The fourth-order valence-corrected chi connectivity index (χ4v) is 4.30. The second kappa shape index (κ2) is 10.8. The number of allylic oxidation sites excluding steroid dienone is 4. The van der Waals surface area contributed by atoms with E-state index in [2.05, 4.69) is 57.8 Å². The quantitative estimate of drug-likeness (QED) is 0.323. The summed E-state index contributed by atoms with van der Waals surface area (Å²) in [6, 6.07) is 11.0. The van der Waals surface area contributed by atoms with Crippen LogP contribution in [0.2, 0.25) is 5.02 Å². The zero-order chi connectivity index (χ0) is 24.1. The number of aromatic nitrogens is 2.